The van der Waals surface area contributed by atoms with Crippen LogP contribution in [-0.2, 0) is 11.3 Å². The third kappa shape index (κ3) is 2.95. The van der Waals surface area contributed by atoms with Crippen LogP contribution in [0.5, 0.6) is 0 Å². The predicted molar refractivity (Wildman–Crippen MR) is 77.7 cm³/mol. The molecule has 2 atom stereocenters. The van der Waals surface area contributed by atoms with E-state index in [1.165, 1.54) is 0 Å². The van der Waals surface area contributed by atoms with E-state index in [1.54, 1.807) is 7.11 Å². The van der Waals surface area contributed by atoms with Crippen LogP contribution in [0.1, 0.15) is 45.9 Å². The number of nitrogens with zero attached hydrogens (tertiary/aromatic N) is 2. The van der Waals surface area contributed by atoms with Gasteiger partial charge in [-0.15, -0.1) is 0 Å². The number of nitrogens with one attached hydrogen (secondary N) is 1. The van der Waals surface area contributed by atoms with Gasteiger partial charge in [-0.3, -0.25) is 4.68 Å². The molecule has 0 saturated carbocycles. The highest BCUT2D eigenvalue weighted by molar-refractivity contribution is 9.10. The highest BCUT2D eigenvalue weighted by atomic mass is 79.9. The maximum Gasteiger partial charge on any atom is 0.0857 e. The molecule has 0 amide bonds. The van der Waals surface area contributed by atoms with Crippen LogP contribution in [0.15, 0.2) is 10.7 Å². The summed E-state index contributed by atoms with van der Waals surface area (Å²) in [5.74, 6) is 0. The van der Waals surface area contributed by atoms with E-state index in [4.69, 9.17) is 4.74 Å². The molecule has 0 aromatic carbocycles. The molecule has 0 aliphatic heterocycles. The third-order valence-electron chi connectivity index (χ3n) is 3.59. The molecule has 18 heavy (non-hydrogen) atoms. The van der Waals surface area contributed by atoms with E-state index in [2.05, 4.69) is 54.0 Å². The number of halogens is 1. The maximum absolute atomic E-state index is 5.76. The van der Waals surface area contributed by atoms with Crippen LogP contribution in [0, 0.1) is 0 Å². The second-order valence-electron chi connectivity index (χ2n) is 4.55. The SMILES string of the molecule is CCNC(c1c(Br)cnn1CC)C(C)(CC)OC. The fourth-order valence-electron chi connectivity index (χ4n) is 2.18. The number of likely N-dealkylation sites (N-methyl/N-ethyl adjacent to an activating group) is 1. The van der Waals surface area contributed by atoms with Gasteiger partial charge in [0.25, 0.3) is 0 Å². The molecular formula is C13H24BrN3O. The Balaban J connectivity index is 3.22. The zero-order valence-electron chi connectivity index (χ0n) is 12.0. The largest absolute Gasteiger partial charge is 0.376 e. The Morgan fingerprint density at radius 1 is 1.50 bits per heavy atom. The van der Waals surface area contributed by atoms with Gasteiger partial charge < -0.3 is 10.1 Å². The van der Waals surface area contributed by atoms with Crippen molar-refractivity contribution in [1.82, 2.24) is 15.1 Å². The first-order valence-electron chi connectivity index (χ1n) is 6.53. The van der Waals surface area contributed by atoms with Crippen LogP contribution >= 0.6 is 15.9 Å². The lowest BCUT2D eigenvalue weighted by atomic mass is 9.90. The van der Waals surface area contributed by atoms with Gasteiger partial charge >= 0.3 is 0 Å². The molecule has 0 radical (unpaired) electrons. The minimum absolute atomic E-state index is 0.120. The average Bonchev–Trinajstić information content (AvgIpc) is 2.76. The number of ether oxygens (including phenoxy) is 1. The molecule has 0 aliphatic carbocycles. The Hall–Kier alpha value is -0.390. The third-order valence-corrected chi connectivity index (χ3v) is 4.20. The van der Waals surface area contributed by atoms with E-state index in [-0.39, 0.29) is 11.6 Å². The normalized spacial score (nSPS) is 16.6. The summed E-state index contributed by atoms with van der Waals surface area (Å²) in [5, 5.41) is 7.92. The topological polar surface area (TPSA) is 39.1 Å². The number of methoxy groups -OCH3 is 1. The minimum Gasteiger partial charge on any atom is -0.376 e. The molecule has 0 fully saturated rings. The van der Waals surface area contributed by atoms with Crippen molar-refractivity contribution < 1.29 is 4.74 Å². The van der Waals surface area contributed by atoms with E-state index < -0.39 is 0 Å². The zero-order valence-corrected chi connectivity index (χ0v) is 13.5. The summed E-state index contributed by atoms with van der Waals surface area (Å²) in [6, 6.07) is 0.120. The van der Waals surface area contributed by atoms with Gasteiger partial charge in [0.1, 0.15) is 0 Å². The van der Waals surface area contributed by atoms with Gasteiger partial charge in [0.05, 0.1) is 28.0 Å². The predicted octanol–water partition coefficient (Wildman–Crippen LogP) is 3.13. The monoisotopic (exact) mass is 317 g/mol. The smallest absolute Gasteiger partial charge is 0.0857 e. The minimum atomic E-state index is -0.245. The first kappa shape index (κ1) is 15.7. The molecule has 0 spiro atoms. The van der Waals surface area contributed by atoms with E-state index in [9.17, 15) is 0 Å². The highest BCUT2D eigenvalue weighted by Gasteiger charge is 2.36. The summed E-state index contributed by atoms with van der Waals surface area (Å²) in [5.41, 5.74) is 0.913. The molecule has 104 valence electrons. The van der Waals surface area contributed by atoms with Crippen LogP contribution < -0.4 is 5.32 Å². The second-order valence-corrected chi connectivity index (χ2v) is 5.41. The average molecular weight is 318 g/mol. The lowest BCUT2D eigenvalue weighted by Gasteiger charge is -2.36. The Morgan fingerprint density at radius 2 is 2.17 bits per heavy atom. The van der Waals surface area contributed by atoms with Crippen LogP contribution in [0.3, 0.4) is 0 Å². The summed E-state index contributed by atoms with van der Waals surface area (Å²) < 4.78 is 8.81. The van der Waals surface area contributed by atoms with Crippen LogP contribution in [-0.4, -0.2) is 29.0 Å². The van der Waals surface area contributed by atoms with Gasteiger partial charge in [-0.05, 0) is 42.7 Å². The first-order valence-corrected chi connectivity index (χ1v) is 7.33. The summed E-state index contributed by atoms with van der Waals surface area (Å²) in [6.07, 6.45) is 2.79. The van der Waals surface area contributed by atoms with Gasteiger partial charge in [-0.25, -0.2) is 0 Å². The lowest BCUT2D eigenvalue weighted by molar-refractivity contribution is -0.0320. The van der Waals surface area contributed by atoms with Gasteiger partial charge in [-0.1, -0.05) is 13.8 Å². The van der Waals surface area contributed by atoms with Crippen molar-refractivity contribution in [2.45, 2.75) is 52.3 Å². The molecule has 1 N–H and O–H groups in total. The molecule has 0 saturated heterocycles. The molecule has 1 rings (SSSR count). The molecule has 4 nitrogen and oxygen atoms in total. The Kier molecular flexibility index (Phi) is 5.82. The summed E-state index contributed by atoms with van der Waals surface area (Å²) in [6.45, 7) is 10.2. The molecule has 5 heteroatoms. The summed E-state index contributed by atoms with van der Waals surface area (Å²) in [4.78, 5) is 0. The summed E-state index contributed by atoms with van der Waals surface area (Å²) in [7, 11) is 1.77. The van der Waals surface area contributed by atoms with E-state index in [0.717, 1.165) is 29.7 Å². The van der Waals surface area contributed by atoms with Crippen molar-refractivity contribution in [1.29, 1.82) is 0 Å². The molecule has 1 heterocycles. The van der Waals surface area contributed by atoms with Gasteiger partial charge in [0.15, 0.2) is 0 Å². The van der Waals surface area contributed by atoms with E-state index >= 15 is 0 Å². The number of hydrogen-bond acceptors (Lipinski definition) is 3. The van der Waals surface area contributed by atoms with Crippen LogP contribution in [0.25, 0.3) is 0 Å². The number of aromatic nitrogens is 2. The van der Waals surface area contributed by atoms with E-state index in [1.807, 2.05) is 10.9 Å². The first-order chi connectivity index (χ1) is 8.53. The van der Waals surface area contributed by atoms with Crippen molar-refractivity contribution in [3.8, 4) is 0 Å². The van der Waals surface area contributed by atoms with Gasteiger partial charge in [0, 0.05) is 13.7 Å². The maximum atomic E-state index is 5.76. The summed E-state index contributed by atoms with van der Waals surface area (Å²) >= 11 is 3.60. The van der Waals surface area contributed by atoms with Crippen molar-refractivity contribution in [3.05, 3.63) is 16.4 Å². The molecule has 2 unspecified atom stereocenters. The van der Waals surface area contributed by atoms with Crippen molar-refractivity contribution in [3.63, 3.8) is 0 Å². The Bertz CT molecular complexity index is 374. The quantitative estimate of drug-likeness (QED) is 0.839. The van der Waals surface area contributed by atoms with Crippen LogP contribution in [0.2, 0.25) is 0 Å². The number of rotatable bonds is 7. The van der Waals surface area contributed by atoms with E-state index in [0.29, 0.717) is 0 Å². The number of aryl methyl sites for hydroxylation is 1. The van der Waals surface area contributed by atoms with Crippen molar-refractivity contribution in [2.75, 3.05) is 13.7 Å². The lowest BCUT2D eigenvalue weighted by Crippen LogP contribution is -2.44. The van der Waals surface area contributed by atoms with Gasteiger partial charge in [0.2, 0.25) is 0 Å². The zero-order chi connectivity index (χ0) is 13.8. The van der Waals surface area contributed by atoms with Crippen LogP contribution in [0.4, 0.5) is 0 Å². The standard InChI is InChI=1S/C13H24BrN3O/c1-6-13(4,18-5)12(15-7-2)11-10(14)9-16-17(11)8-3/h9,12,15H,6-8H2,1-5H3. The van der Waals surface area contributed by atoms with Crippen molar-refractivity contribution >= 4 is 15.9 Å². The molecule has 0 aliphatic rings. The molecule has 0 bridgehead atoms. The fraction of sp³-hybridized carbons (Fsp3) is 0.769. The second kappa shape index (κ2) is 6.68. The molecule has 1 aromatic rings. The Labute approximate surface area is 118 Å². The molecular weight excluding hydrogens is 294 g/mol. The highest BCUT2D eigenvalue weighted by Crippen LogP contribution is 2.35. The fourth-order valence-corrected chi connectivity index (χ4v) is 2.71. The van der Waals surface area contributed by atoms with Gasteiger partial charge in [-0.2, -0.15) is 5.10 Å². The molecule has 1 aromatic heterocycles. The number of hydrogen-bond donors (Lipinski definition) is 1. The van der Waals surface area contributed by atoms with Crippen molar-refractivity contribution in [2.24, 2.45) is 0 Å². The Morgan fingerprint density at radius 3 is 2.61 bits per heavy atom.